The molecule has 2 aromatic heterocycles. The fourth-order valence-corrected chi connectivity index (χ4v) is 5.14. The number of benzene rings is 3. The second-order valence-corrected chi connectivity index (χ2v) is 10.9. The number of carbonyl (C=O) groups excluding carboxylic acids is 2. The number of nitrogens with zero attached hydrogens (tertiary/aromatic N) is 7. The van der Waals surface area contributed by atoms with Crippen LogP contribution in [0, 0.1) is 18.3 Å². The fourth-order valence-electron chi connectivity index (χ4n) is 4.58. The van der Waals surface area contributed by atoms with Gasteiger partial charge in [-0.15, -0.1) is 10.2 Å². The third-order valence-corrected chi connectivity index (χ3v) is 7.29. The third-order valence-electron chi connectivity index (χ3n) is 6.68. The number of tetrazole rings is 1. The summed E-state index contributed by atoms with van der Waals surface area (Å²) in [6, 6.07) is 16.0. The van der Waals surface area contributed by atoms with Crippen molar-refractivity contribution in [2.24, 2.45) is 0 Å². The highest BCUT2D eigenvalue weighted by molar-refractivity contribution is 6.37. The number of rotatable bonds is 10. The minimum Gasteiger partial charge on any atom is -0.435 e. The number of ether oxygens (including phenoxy) is 1. The highest BCUT2D eigenvalue weighted by Gasteiger charge is 2.37. The summed E-state index contributed by atoms with van der Waals surface area (Å²) in [6.07, 6.45) is -4.84. The van der Waals surface area contributed by atoms with Crippen LogP contribution in [0.5, 0.6) is 5.75 Å². The summed E-state index contributed by atoms with van der Waals surface area (Å²) in [5.74, 6) is -3.17. The van der Waals surface area contributed by atoms with E-state index in [0.29, 0.717) is 15.9 Å². The highest BCUT2D eigenvalue weighted by Crippen LogP contribution is 2.31. The molecule has 0 aliphatic heterocycles. The molecule has 0 saturated heterocycles. The maximum absolute atomic E-state index is 13.9. The van der Waals surface area contributed by atoms with Crippen molar-refractivity contribution in [3.05, 3.63) is 110 Å². The molecular weight excluding hydrogens is 700 g/mol. The van der Waals surface area contributed by atoms with Gasteiger partial charge < -0.3 is 15.4 Å². The van der Waals surface area contributed by atoms with Gasteiger partial charge in [0.1, 0.15) is 23.7 Å². The van der Waals surface area contributed by atoms with Crippen molar-refractivity contribution in [3.8, 4) is 17.5 Å². The van der Waals surface area contributed by atoms with Crippen molar-refractivity contribution < 1.29 is 36.3 Å². The minimum atomic E-state index is -4.84. The quantitative estimate of drug-likeness (QED) is 0.162. The monoisotopic (exact) mass is 719 g/mol. The van der Waals surface area contributed by atoms with Crippen molar-refractivity contribution in [1.29, 1.82) is 5.26 Å². The molecule has 0 saturated carbocycles. The Labute approximate surface area is 283 Å². The Morgan fingerprint density at radius 2 is 1.73 bits per heavy atom. The number of alkyl halides is 5. The molecule has 252 valence electrons. The molecule has 2 amide bonds. The Balaban J connectivity index is 1.48. The van der Waals surface area contributed by atoms with E-state index < -0.39 is 37.0 Å². The van der Waals surface area contributed by atoms with Gasteiger partial charge in [0.15, 0.2) is 0 Å². The van der Waals surface area contributed by atoms with E-state index in [1.807, 2.05) is 6.07 Å². The second kappa shape index (κ2) is 14.3. The van der Waals surface area contributed by atoms with Crippen molar-refractivity contribution in [3.63, 3.8) is 0 Å². The minimum absolute atomic E-state index is 0.00334. The van der Waals surface area contributed by atoms with E-state index in [-0.39, 0.29) is 56.2 Å². The standard InChI is InChI=1S/C30H20Cl2F5N9O3/c1-15-8-17(12-38)10-20(26(47)39-13-16-4-2-5-19(9-16)49-29(33)34)24(15)40-27(48)23-11-18(14-45-43-28(41-44-45)30(35,36)37)42-46(23)25-21(31)6-3-7-22(25)32/h2-11,29H,13-14H2,1H3,(H,39,47)(H,40,48). The van der Waals surface area contributed by atoms with Crippen molar-refractivity contribution in [1.82, 2.24) is 35.3 Å². The first-order valence-electron chi connectivity index (χ1n) is 13.8. The maximum atomic E-state index is 13.9. The molecule has 5 aromatic rings. The Bertz CT molecular complexity index is 2070. The normalized spacial score (nSPS) is 11.3. The zero-order valence-corrected chi connectivity index (χ0v) is 26.3. The summed E-state index contributed by atoms with van der Waals surface area (Å²) in [5.41, 5.74) is 0.606. The van der Waals surface area contributed by atoms with Gasteiger partial charge in [0.05, 0.1) is 38.6 Å². The number of nitriles is 1. The van der Waals surface area contributed by atoms with Gasteiger partial charge in [-0.3, -0.25) is 9.59 Å². The SMILES string of the molecule is Cc1cc(C#N)cc(C(=O)NCc2cccc(OC(F)F)c2)c1NC(=O)c1cc(Cn2nnc(C(F)(F)F)n2)nn1-c1c(Cl)cccc1Cl. The molecule has 2 heterocycles. The molecule has 0 spiro atoms. The Kier molecular flexibility index (Phi) is 10.1. The number of hydrogen-bond donors (Lipinski definition) is 2. The number of hydrogen-bond acceptors (Lipinski definition) is 8. The van der Waals surface area contributed by atoms with Crippen LogP contribution in [-0.2, 0) is 19.3 Å². The van der Waals surface area contributed by atoms with Crippen LogP contribution in [0.3, 0.4) is 0 Å². The van der Waals surface area contributed by atoms with Crippen molar-refractivity contribution >= 4 is 40.7 Å². The topological polar surface area (TPSA) is 153 Å². The van der Waals surface area contributed by atoms with Crippen LogP contribution in [0.4, 0.5) is 27.6 Å². The molecule has 49 heavy (non-hydrogen) atoms. The summed E-state index contributed by atoms with van der Waals surface area (Å²) in [4.78, 5) is 27.9. The number of halogens is 7. The number of nitrogens with one attached hydrogen (secondary N) is 2. The van der Waals surface area contributed by atoms with Crippen LogP contribution >= 0.6 is 23.2 Å². The Morgan fingerprint density at radius 1 is 1.02 bits per heavy atom. The predicted molar refractivity (Wildman–Crippen MR) is 164 cm³/mol. The molecule has 0 aliphatic rings. The van der Waals surface area contributed by atoms with E-state index in [4.69, 9.17) is 23.2 Å². The highest BCUT2D eigenvalue weighted by atomic mass is 35.5. The lowest BCUT2D eigenvalue weighted by atomic mass is 10.0. The molecule has 0 aliphatic carbocycles. The first-order valence-corrected chi connectivity index (χ1v) is 14.6. The van der Waals surface area contributed by atoms with Gasteiger partial charge in [-0.25, -0.2) is 4.68 Å². The summed E-state index contributed by atoms with van der Waals surface area (Å²) in [7, 11) is 0. The molecule has 0 bridgehead atoms. The largest absolute Gasteiger partial charge is 0.455 e. The molecule has 0 unspecified atom stereocenters. The third kappa shape index (κ3) is 8.11. The zero-order chi connectivity index (χ0) is 35.5. The van der Waals surface area contributed by atoms with E-state index in [1.165, 1.54) is 48.5 Å². The van der Waals surface area contributed by atoms with Crippen LogP contribution < -0.4 is 15.4 Å². The molecule has 2 N–H and O–H groups in total. The average Bonchev–Trinajstić information content (AvgIpc) is 3.68. The maximum Gasteiger partial charge on any atom is 0.455 e. The van der Waals surface area contributed by atoms with Gasteiger partial charge in [-0.05, 0) is 65.7 Å². The molecule has 5 rings (SSSR count). The van der Waals surface area contributed by atoms with Gasteiger partial charge in [-0.1, -0.05) is 41.4 Å². The molecule has 19 heteroatoms. The number of carbonyl (C=O) groups is 2. The van der Waals surface area contributed by atoms with Crippen LogP contribution in [-0.4, -0.2) is 48.4 Å². The molecule has 0 atom stereocenters. The van der Waals surface area contributed by atoms with Gasteiger partial charge in [-0.2, -0.15) is 37.1 Å². The fraction of sp³-hybridized carbons (Fsp3) is 0.167. The summed E-state index contributed by atoms with van der Waals surface area (Å²) in [5, 5.41) is 29.0. The van der Waals surface area contributed by atoms with Gasteiger partial charge in [0, 0.05) is 6.54 Å². The van der Waals surface area contributed by atoms with E-state index in [9.17, 15) is 36.8 Å². The van der Waals surface area contributed by atoms with E-state index in [1.54, 1.807) is 19.1 Å². The predicted octanol–water partition coefficient (Wildman–Crippen LogP) is 6.20. The number of aryl methyl sites for hydroxylation is 1. The molecule has 0 fully saturated rings. The molecule has 12 nitrogen and oxygen atoms in total. The number of anilines is 1. The van der Waals surface area contributed by atoms with Crippen molar-refractivity contribution in [2.75, 3.05) is 5.32 Å². The number of aromatic nitrogens is 6. The van der Waals surface area contributed by atoms with Crippen LogP contribution in [0.25, 0.3) is 5.69 Å². The lowest BCUT2D eigenvalue weighted by Gasteiger charge is -2.16. The first-order chi connectivity index (χ1) is 23.2. The van der Waals surface area contributed by atoms with Crippen LogP contribution in [0.15, 0.2) is 60.7 Å². The lowest BCUT2D eigenvalue weighted by molar-refractivity contribution is -0.145. The number of para-hydroxylation sites is 1. The first kappa shape index (κ1) is 34.7. The molecular formula is C30H20Cl2F5N9O3. The molecule has 0 radical (unpaired) electrons. The molecule has 3 aromatic carbocycles. The van der Waals surface area contributed by atoms with Crippen LogP contribution in [0.2, 0.25) is 10.0 Å². The second-order valence-electron chi connectivity index (χ2n) is 10.1. The van der Waals surface area contributed by atoms with Gasteiger partial charge in [0.25, 0.3) is 17.6 Å². The Hall–Kier alpha value is -5.60. The van der Waals surface area contributed by atoms with Gasteiger partial charge in [0.2, 0.25) is 0 Å². The Morgan fingerprint density at radius 3 is 2.39 bits per heavy atom. The van der Waals surface area contributed by atoms with Crippen LogP contribution in [0.1, 0.15) is 49.1 Å². The van der Waals surface area contributed by atoms with E-state index >= 15 is 0 Å². The van der Waals surface area contributed by atoms with E-state index in [0.717, 1.165) is 4.68 Å². The average molecular weight is 720 g/mol. The van der Waals surface area contributed by atoms with Crippen molar-refractivity contribution in [2.45, 2.75) is 32.8 Å². The van der Waals surface area contributed by atoms with E-state index in [2.05, 4.69) is 35.9 Å². The van der Waals surface area contributed by atoms with Gasteiger partial charge >= 0.3 is 12.8 Å². The summed E-state index contributed by atoms with van der Waals surface area (Å²) < 4.78 is 69.9. The summed E-state index contributed by atoms with van der Waals surface area (Å²) >= 11 is 12.8. The number of amides is 2. The lowest BCUT2D eigenvalue weighted by Crippen LogP contribution is -2.26. The smallest absolute Gasteiger partial charge is 0.435 e. The zero-order valence-electron chi connectivity index (χ0n) is 24.8. The summed E-state index contributed by atoms with van der Waals surface area (Å²) in [6.45, 7) is -2.07.